The van der Waals surface area contributed by atoms with Gasteiger partial charge in [0.2, 0.25) is 5.28 Å². The molecule has 0 fully saturated rings. The van der Waals surface area contributed by atoms with Crippen molar-refractivity contribution >= 4 is 17.3 Å². The van der Waals surface area contributed by atoms with Crippen molar-refractivity contribution in [2.75, 3.05) is 0 Å². The van der Waals surface area contributed by atoms with E-state index in [0.717, 1.165) is 6.07 Å². The first-order chi connectivity index (χ1) is 9.27. The monoisotopic (exact) mass is 303 g/mol. The molecule has 104 valence electrons. The number of alkyl halides is 3. The van der Waals surface area contributed by atoms with Crippen molar-refractivity contribution in [1.29, 1.82) is 0 Å². The van der Waals surface area contributed by atoms with Gasteiger partial charge in [-0.15, -0.1) is 0 Å². The van der Waals surface area contributed by atoms with Crippen molar-refractivity contribution in [2.45, 2.75) is 6.18 Å². The highest BCUT2D eigenvalue weighted by atomic mass is 35.5. The molecule has 0 N–H and O–H groups in total. The van der Waals surface area contributed by atoms with E-state index >= 15 is 0 Å². The van der Waals surface area contributed by atoms with E-state index in [9.17, 15) is 23.3 Å². The zero-order valence-corrected chi connectivity index (χ0v) is 10.3. The third-order valence-corrected chi connectivity index (χ3v) is 2.51. The Morgan fingerprint density at radius 2 is 1.90 bits per heavy atom. The Morgan fingerprint density at radius 3 is 2.50 bits per heavy atom. The predicted octanol–water partition coefficient (Wildman–Crippen LogP) is 3.72. The Hall–Kier alpha value is -2.22. The van der Waals surface area contributed by atoms with E-state index in [4.69, 9.17) is 11.6 Å². The van der Waals surface area contributed by atoms with Gasteiger partial charge < -0.3 is 0 Å². The lowest BCUT2D eigenvalue weighted by atomic mass is 10.1. The average Bonchev–Trinajstić information content (AvgIpc) is 2.37. The lowest BCUT2D eigenvalue weighted by Crippen LogP contribution is -2.09. The van der Waals surface area contributed by atoms with Crippen molar-refractivity contribution in [3.63, 3.8) is 0 Å². The van der Waals surface area contributed by atoms with Gasteiger partial charge >= 0.3 is 6.18 Å². The van der Waals surface area contributed by atoms with Crippen molar-refractivity contribution in [2.24, 2.45) is 0 Å². The fourth-order valence-electron chi connectivity index (χ4n) is 1.49. The van der Waals surface area contributed by atoms with E-state index in [0.29, 0.717) is 6.07 Å². The van der Waals surface area contributed by atoms with E-state index in [2.05, 4.69) is 9.97 Å². The molecule has 1 heterocycles. The second kappa shape index (κ2) is 5.04. The van der Waals surface area contributed by atoms with E-state index in [-0.39, 0.29) is 16.9 Å². The summed E-state index contributed by atoms with van der Waals surface area (Å²) < 4.78 is 37.8. The molecule has 0 aliphatic rings. The van der Waals surface area contributed by atoms with Gasteiger partial charge in [-0.2, -0.15) is 13.2 Å². The van der Waals surface area contributed by atoms with Crippen molar-refractivity contribution in [1.82, 2.24) is 9.97 Å². The molecule has 5 nitrogen and oxygen atoms in total. The number of benzene rings is 1. The number of halogens is 4. The standard InChI is InChI=1S/C11H5ClF3N3O2/c12-10-16-8(5-9(17-10)11(13,14)15)6-2-1-3-7(4-6)18(19)20/h1-5H. The summed E-state index contributed by atoms with van der Waals surface area (Å²) in [6.45, 7) is 0. The third kappa shape index (κ3) is 3.02. The fourth-order valence-corrected chi connectivity index (χ4v) is 1.67. The second-order valence-electron chi connectivity index (χ2n) is 3.71. The molecule has 0 atom stereocenters. The zero-order chi connectivity index (χ0) is 14.9. The average molecular weight is 304 g/mol. The summed E-state index contributed by atoms with van der Waals surface area (Å²) in [6.07, 6.45) is -4.68. The number of non-ortho nitro benzene ring substituents is 1. The summed E-state index contributed by atoms with van der Waals surface area (Å²) in [5, 5.41) is 10.1. The van der Waals surface area contributed by atoms with E-state index in [1.807, 2.05) is 0 Å². The molecule has 0 saturated carbocycles. The van der Waals surface area contributed by atoms with Gasteiger partial charge in [-0.05, 0) is 17.7 Å². The first-order valence-electron chi connectivity index (χ1n) is 5.14. The van der Waals surface area contributed by atoms with Crippen LogP contribution in [0, 0.1) is 10.1 Å². The molecule has 2 rings (SSSR count). The van der Waals surface area contributed by atoms with Crippen LogP contribution in [0.1, 0.15) is 5.69 Å². The van der Waals surface area contributed by atoms with Gasteiger partial charge in [-0.25, -0.2) is 9.97 Å². The van der Waals surface area contributed by atoms with Crippen LogP contribution in [0.5, 0.6) is 0 Å². The van der Waals surface area contributed by atoms with Gasteiger partial charge in [0.15, 0.2) is 0 Å². The van der Waals surface area contributed by atoms with Crippen molar-refractivity contribution in [3.8, 4) is 11.3 Å². The minimum absolute atomic E-state index is 0.138. The summed E-state index contributed by atoms with van der Waals surface area (Å²) >= 11 is 5.45. The molecule has 0 aliphatic heterocycles. The van der Waals surface area contributed by atoms with Gasteiger partial charge in [0.1, 0.15) is 5.69 Å². The van der Waals surface area contributed by atoms with Crippen LogP contribution in [0.15, 0.2) is 30.3 Å². The molecule has 20 heavy (non-hydrogen) atoms. The summed E-state index contributed by atoms with van der Waals surface area (Å²) in [5.74, 6) is 0. The van der Waals surface area contributed by atoms with Crippen LogP contribution < -0.4 is 0 Å². The number of rotatable bonds is 2. The predicted molar refractivity (Wildman–Crippen MR) is 64.1 cm³/mol. The first-order valence-corrected chi connectivity index (χ1v) is 5.52. The van der Waals surface area contributed by atoms with E-state index in [1.165, 1.54) is 18.2 Å². The van der Waals surface area contributed by atoms with Crippen LogP contribution in [-0.2, 0) is 6.18 Å². The number of hydrogen-bond acceptors (Lipinski definition) is 4. The van der Waals surface area contributed by atoms with Crippen LogP contribution in [0.3, 0.4) is 0 Å². The molecule has 1 aromatic carbocycles. The second-order valence-corrected chi connectivity index (χ2v) is 4.05. The summed E-state index contributed by atoms with van der Waals surface area (Å²) in [6, 6.07) is 5.75. The highest BCUT2D eigenvalue weighted by Gasteiger charge is 2.33. The Balaban J connectivity index is 2.55. The molecule has 1 aromatic heterocycles. The lowest BCUT2D eigenvalue weighted by Gasteiger charge is -2.08. The quantitative estimate of drug-likeness (QED) is 0.481. The molecule has 0 spiro atoms. The topological polar surface area (TPSA) is 68.9 Å². The molecule has 0 saturated heterocycles. The van der Waals surface area contributed by atoms with E-state index in [1.54, 1.807) is 0 Å². The molecule has 0 aliphatic carbocycles. The smallest absolute Gasteiger partial charge is 0.258 e. The molecule has 2 aromatic rings. The van der Waals surface area contributed by atoms with Crippen molar-refractivity contribution < 1.29 is 18.1 Å². The van der Waals surface area contributed by atoms with Gasteiger partial charge in [-0.3, -0.25) is 10.1 Å². The highest BCUT2D eigenvalue weighted by molar-refractivity contribution is 6.28. The molecule has 9 heteroatoms. The Kier molecular flexibility index (Phi) is 3.58. The Bertz CT molecular complexity index is 676. The van der Waals surface area contributed by atoms with Crippen LogP contribution in [0.4, 0.5) is 18.9 Å². The lowest BCUT2D eigenvalue weighted by molar-refractivity contribution is -0.384. The SMILES string of the molecule is O=[N+]([O-])c1cccc(-c2cc(C(F)(F)F)nc(Cl)n2)c1. The van der Waals surface area contributed by atoms with Gasteiger partial charge in [-0.1, -0.05) is 12.1 Å². The molecule has 0 bridgehead atoms. The minimum Gasteiger partial charge on any atom is -0.258 e. The van der Waals surface area contributed by atoms with Crippen LogP contribution in [0.25, 0.3) is 11.3 Å². The molecular weight excluding hydrogens is 299 g/mol. The van der Waals surface area contributed by atoms with Crippen LogP contribution >= 0.6 is 11.6 Å². The summed E-state index contributed by atoms with van der Waals surface area (Å²) in [4.78, 5) is 16.7. The number of nitro benzene ring substituents is 1. The highest BCUT2D eigenvalue weighted by Crippen LogP contribution is 2.31. The maximum atomic E-state index is 12.6. The summed E-state index contributed by atoms with van der Waals surface area (Å²) in [5.41, 5.74) is -1.46. The molecular formula is C11H5ClF3N3O2. The van der Waals surface area contributed by atoms with Crippen LogP contribution in [0.2, 0.25) is 5.28 Å². The van der Waals surface area contributed by atoms with Gasteiger partial charge in [0.25, 0.3) is 5.69 Å². The number of nitro groups is 1. The summed E-state index contributed by atoms with van der Waals surface area (Å²) in [7, 11) is 0. The van der Waals surface area contributed by atoms with Gasteiger partial charge in [0, 0.05) is 17.7 Å². The fraction of sp³-hybridized carbons (Fsp3) is 0.0909. The first kappa shape index (κ1) is 14.2. The maximum absolute atomic E-state index is 12.6. The van der Waals surface area contributed by atoms with Gasteiger partial charge in [0.05, 0.1) is 10.6 Å². The van der Waals surface area contributed by atoms with Crippen molar-refractivity contribution in [3.05, 3.63) is 51.4 Å². The third-order valence-electron chi connectivity index (χ3n) is 2.34. The number of hydrogen-bond donors (Lipinski definition) is 0. The normalized spacial score (nSPS) is 11.4. The Morgan fingerprint density at radius 1 is 1.20 bits per heavy atom. The van der Waals surface area contributed by atoms with Crippen LogP contribution in [-0.4, -0.2) is 14.9 Å². The largest absolute Gasteiger partial charge is 0.433 e. The molecule has 0 radical (unpaired) electrons. The maximum Gasteiger partial charge on any atom is 0.433 e. The molecule has 0 unspecified atom stereocenters. The minimum atomic E-state index is -4.68. The molecule has 0 amide bonds. The zero-order valence-electron chi connectivity index (χ0n) is 9.56. The number of nitrogens with zero attached hydrogens (tertiary/aromatic N) is 3. The van der Waals surface area contributed by atoms with E-state index < -0.39 is 22.1 Å². The Labute approximate surface area is 115 Å². The number of aromatic nitrogens is 2.